The fourth-order valence-electron chi connectivity index (χ4n) is 9.26. The van der Waals surface area contributed by atoms with Gasteiger partial charge in [-0.2, -0.15) is 0 Å². The van der Waals surface area contributed by atoms with Gasteiger partial charge in [0.05, 0.1) is 11.0 Å². The molecule has 8 aromatic carbocycles. The molecule has 0 unspecified atom stereocenters. The Morgan fingerprint density at radius 1 is 0.565 bits per heavy atom. The third-order valence-corrected chi connectivity index (χ3v) is 12.0. The first-order chi connectivity index (χ1) is 30.2. The molecular formula is C56H37N5Pt. The number of hydrogen-bond donors (Lipinski definition) is 0. The van der Waals surface area contributed by atoms with Crippen LogP contribution >= 0.6 is 0 Å². The van der Waals surface area contributed by atoms with Gasteiger partial charge >= 0.3 is 21.1 Å². The van der Waals surface area contributed by atoms with E-state index in [1.807, 2.05) is 12.3 Å². The normalized spacial score (nSPS) is 11.6. The monoisotopic (exact) mass is 974 g/mol. The standard InChI is InChI=1S/C56H37N5.Pt/c1-36-29-30-57-52(31-36)61-50-35-40(27-28-45(50)53-47(39-17-7-3-8-18-39)33-38(34-51(53)61)32-37-15-5-2-6-16-37)42-22-14-26-49-55(42)59-56(60(49)41-19-9-4-10-20-41)46-24-13-23-44-43-21-11-12-25-48(43)58-54(44)46;/h2-31,33-34H,32H2,1H3;/q-2;+2. The Hall–Kier alpha value is -7.33. The van der Waals surface area contributed by atoms with Crippen molar-refractivity contribution in [2.24, 2.45) is 0 Å². The third-order valence-electron chi connectivity index (χ3n) is 12.0. The molecule has 296 valence electrons. The fraction of sp³-hybridized carbons (Fsp3) is 0.0357. The Balaban J connectivity index is 0.00000432. The van der Waals surface area contributed by atoms with E-state index >= 15 is 0 Å². The smallest absolute Gasteiger partial charge is 0.656 e. The Morgan fingerprint density at radius 3 is 2.11 bits per heavy atom. The van der Waals surface area contributed by atoms with E-state index in [9.17, 15) is 0 Å². The number of aromatic nitrogens is 5. The summed E-state index contributed by atoms with van der Waals surface area (Å²) in [5, 5.41) is 4.57. The number of hydrogen-bond acceptors (Lipinski definition) is 2. The predicted molar refractivity (Wildman–Crippen MR) is 251 cm³/mol. The summed E-state index contributed by atoms with van der Waals surface area (Å²) >= 11 is 0. The van der Waals surface area contributed by atoms with E-state index in [0.717, 1.165) is 95.3 Å². The number of rotatable bonds is 7. The summed E-state index contributed by atoms with van der Waals surface area (Å²) in [6, 6.07) is 70.7. The SMILES string of the molecule is Cc1ccnc(-n2c3[c-]c(-c4cccc5c4nc(-c4cccc6c4[n-]c4ccccc46)n5-c4ccccc4)ccc3c3c(-c4ccccc4)cc(Cc4ccccc4)cc32)c1.[Pt+2]. The maximum absolute atomic E-state index is 5.56. The molecule has 0 radical (unpaired) electrons. The number of imidazole rings is 1. The van der Waals surface area contributed by atoms with Crippen molar-refractivity contribution in [3.63, 3.8) is 0 Å². The number of fused-ring (bicyclic) bond motifs is 7. The Bertz CT molecular complexity index is 3620. The largest absolute Gasteiger partial charge is 2.00 e. The molecule has 4 aromatic heterocycles. The molecule has 5 nitrogen and oxygen atoms in total. The molecule has 12 aromatic rings. The van der Waals surface area contributed by atoms with Crippen LogP contribution in [0.4, 0.5) is 0 Å². The minimum absolute atomic E-state index is 0. The molecule has 0 fully saturated rings. The quantitative estimate of drug-likeness (QED) is 0.150. The van der Waals surface area contributed by atoms with E-state index in [4.69, 9.17) is 15.0 Å². The van der Waals surface area contributed by atoms with Gasteiger partial charge in [0.15, 0.2) is 0 Å². The van der Waals surface area contributed by atoms with Gasteiger partial charge in [-0.1, -0.05) is 150 Å². The molecule has 0 aliphatic heterocycles. The zero-order valence-electron chi connectivity index (χ0n) is 33.7. The zero-order valence-corrected chi connectivity index (χ0v) is 36.0. The summed E-state index contributed by atoms with van der Waals surface area (Å²) in [6.07, 6.45) is 2.72. The van der Waals surface area contributed by atoms with Crippen molar-refractivity contribution in [1.82, 2.24) is 24.1 Å². The van der Waals surface area contributed by atoms with Crippen molar-refractivity contribution in [2.75, 3.05) is 0 Å². The molecule has 62 heavy (non-hydrogen) atoms. The van der Waals surface area contributed by atoms with Gasteiger partial charge in [0.1, 0.15) is 11.6 Å². The van der Waals surface area contributed by atoms with E-state index < -0.39 is 0 Å². The van der Waals surface area contributed by atoms with Crippen LogP contribution in [0.2, 0.25) is 0 Å². The molecule has 0 saturated carbocycles. The van der Waals surface area contributed by atoms with Crippen LogP contribution in [0.1, 0.15) is 16.7 Å². The van der Waals surface area contributed by atoms with Crippen LogP contribution in [0.5, 0.6) is 0 Å². The molecule has 0 bridgehead atoms. The average molecular weight is 975 g/mol. The van der Waals surface area contributed by atoms with Crippen LogP contribution in [0.15, 0.2) is 194 Å². The average Bonchev–Trinajstić information content (AvgIpc) is 3.99. The fourth-order valence-corrected chi connectivity index (χ4v) is 9.26. The Morgan fingerprint density at radius 2 is 1.29 bits per heavy atom. The summed E-state index contributed by atoms with van der Waals surface area (Å²) < 4.78 is 4.59. The molecule has 0 atom stereocenters. The Kier molecular flexibility index (Phi) is 9.29. The second-order valence-corrected chi connectivity index (χ2v) is 15.8. The summed E-state index contributed by atoms with van der Waals surface area (Å²) in [5.74, 6) is 1.71. The summed E-state index contributed by atoms with van der Waals surface area (Å²) in [4.78, 5) is 15.7. The van der Waals surface area contributed by atoms with Crippen molar-refractivity contribution in [2.45, 2.75) is 13.3 Å². The third kappa shape index (κ3) is 6.19. The molecule has 12 rings (SSSR count). The van der Waals surface area contributed by atoms with Gasteiger partial charge < -0.3 is 9.55 Å². The predicted octanol–water partition coefficient (Wildman–Crippen LogP) is 13.5. The minimum Gasteiger partial charge on any atom is -0.656 e. The van der Waals surface area contributed by atoms with Crippen LogP contribution in [-0.2, 0) is 27.5 Å². The Labute approximate surface area is 373 Å². The van der Waals surface area contributed by atoms with E-state index in [0.29, 0.717) is 0 Å². The molecule has 4 heterocycles. The second-order valence-electron chi connectivity index (χ2n) is 15.8. The molecule has 0 aliphatic carbocycles. The van der Waals surface area contributed by atoms with Crippen LogP contribution in [-0.4, -0.2) is 19.1 Å². The topological polar surface area (TPSA) is 49.7 Å². The maximum Gasteiger partial charge on any atom is 2.00 e. The number of aryl methyl sites for hydroxylation is 1. The number of nitrogens with zero attached hydrogens (tertiary/aromatic N) is 5. The maximum atomic E-state index is 5.56. The van der Waals surface area contributed by atoms with E-state index in [2.05, 4.69) is 204 Å². The van der Waals surface area contributed by atoms with Gasteiger partial charge in [-0.05, 0) is 99.2 Å². The molecular weight excluding hydrogens is 938 g/mol. The van der Waals surface area contributed by atoms with Crippen LogP contribution < -0.4 is 4.98 Å². The first-order valence-electron chi connectivity index (χ1n) is 20.7. The molecule has 0 aliphatic rings. The van der Waals surface area contributed by atoms with Crippen molar-refractivity contribution >= 4 is 54.6 Å². The van der Waals surface area contributed by atoms with Gasteiger partial charge in [0.2, 0.25) is 0 Å². The molecule has 6 heteroatoms. The second kappa shape index (κ2) is 15.3. The molecule has 0 spiro atoms. The number of pyridine rings is 1. The van der Waals surface area contributed by atoms with Gasteiger partial charge in [-0.15, -0.1) is 34.8 Å². The minimum atomic E-state index is 0. The van der Waals surface area contributed by atoms with Gasteiger partial charge in [0, 0.05) is 23.0 Å². The van der Waals surface area contributed by atoms with Crippen LogP contribution in [0.3, 0.4) is 0 Å². The van der Waals surface area contributed by atoms with Gasteiger partial charge in [0.25, 0.3) is 0 Å². The molecule has 0 amide bonds. The van der Waals surface area contributed by atoms with E-state index in [-0.39, 0.29) is 21.1 Å². The van der Waals surface area contributed by atoms with Gasteiger partial charge in [-0.25, -0.2) is 9.97 Å². The van der Waals surface area contributed by atoms with Crippen LogP contribution in [0.25, 0.3) is 99.8 Å². The van der Waals surface area contributed by atoms with Crippen molar-refractivity contribution in [3.05, 3.63) is 217 Å². The van der Waals surface area contributed by atoms with E-state index in [1.165, 1.54) is 27.6 Å². The summed E-state index contributed by atoms with van der Waals surface area (Å²) in [7, 11) is 0. The molecule has 0 N–H and O–H groups in total. The first-order valence-corrected chi connectivity index (χ1v) is 20.7. The van der Waals surface area contributed by atoms with Crippen LogP contribution in [0, 0.1) is 13.0 Å². The molecule has 0 saturated heterocycles. The number of benzene rings is 8. The van der Waals surface area contributed by atoms with Crippen molar-refractivity contribution in [3.8, 4) is 45.1 Å². The van der Waals surface area contributed by atoms with Crippen molar-refractivity contribution in [1.29, 1.82) is 0 Å². The van der Waals surface area contributed by atoms with Gasteiger partial charge in [-0.3, -0.25) is 4.57 Å². The zero-order chi connectivity index (χ0) is 40.4. The van der Waals surface area contributed by atoms with Crippen molar-refractivity contribution < 1.29 is 21.1 Å². The summed E-state index contributed by atoms with van der Waals surface area (Å²) in [6.45, 7) is 2.12. The first kappa shape index (κ1) is 37.7. The van der Waals surface area contributed by atoms with E-state index in [1.54, 1.807) is 0 Å². The summed E-state index contributed by atoms with van der Waals surface area (Å²) in [5.41, 5.74) is 15.9. The number of para-hydroxylation sites is 4.